The van der Waals surface area contributed by atoms with Gasteiger partial charge in [0.05, 0.1) is 6.10 Å². The van der Waals surface area contributed by atoms with E-state index in [-0.39, 0.29) is 11.5 Å². The Hall–Kier alpha value is -0.600. The van der Waals surface area contributed by atoms with Crippen LogP contribution in [0.5, 0.6) is 0 Å². The summed E-state index contributed by atoms with van der Waals surface area (Å²) >= 11 is 3.59. The van der Waals surface area contributed by atoms with Crippen molar-refractivity contribution >= 4 is 22.0 Å². The Bertz CT molecular complexity index is 784. The molecule has 0 amide bonds. The first kappa shape index (κ1) is 19.4. The Morgan fingerprint density at radius 2 is 1.86 bits per heavy atom. The molecule has 0 radical (unpaired) electrons. The summed E-state index contributed by atoms with van der Waals surface area (Å²) in [6, 6.07) is 8.49. The Morgan fingerprint density at radius 1 is 1.00 bits per heavy atom. The smallest absolute Gasteiger partial charge is 0.0809 e. The lowest BCUT2D eigenvalue weighted by atomic mass is 9.45. The van der Waals surface area contributed by atoms with E-state index < -0.39 is 0 Å². The van der Waals surface area contributed by atoms with E-state index in [9.17, 15) is 5.11 Å². The van der Waals surface area contributed by atoms with Gasteiger partial charge in [-0.2, -0.15) is 0 Å². The number of rotatable bonds is 1. The van der Waals surface area contributed by atoms with Gasteiger partial charge in [-0.3, -0.25) is 0 Å². The molecule has 1 N–H and O–H groups in total. The molecule has 0 unspecified atom stereocenters. The van der Waals surface area contributed by atoms with Gasteiger partial charge in [0.25, 0.3) is 0 Å². The SMILES string of the molecule is C[C@]12CCCC[C@@H]1CC[C@H]1[C@H]2CC[C@@]2(C)[C@@H]1C/C(=C/c1cccc(Br)c1)[C@@H]2O. The molecule has 0 aliphatic heterocycles. The molecule has 0 heterocycles. The third-order valence-electron chi connectivity index (χ3n) is 9.65. The van der Waals surface area contributed by atoms with E-state index in [2.05, 4.69) is 60.1 Å². The Labute approximate surface area is 179 Å². The Balaban J connectivity index is 1.46. The minimum Gasteiger partial charge on any atom is -0.388 e. The van der Waals surface area contributed by atoms with Gasteiger partial charge in [0.2, 0.25) is 0 Å². The van der Waals surface area contributed by atoms with E-state index in [4.69, 9.17) is 0 Å². The van der Waals surface area contributed by atoms with Gasteiger partial charge in [0.1, 0.15) is 0 Å². The zero-order chi connectivity index (χ0) is 19.5. The highest BCUT2D eigenvalue weighted by Gasteiger charge is 2.60. The fraction of sp³-hybridized carbons (Fsp3) is 0.692. The summed E-state index contributed by atoms with van der Waals surface area (Å²) in [5.41, 5.74) is 3.15. The first-order chi connectivity index (χ1) is 13.4. The lowest BCUT2D eigenvalue weighted by Crippen LogP contribution is -2.53. The number of aliphatic hydroxyl groups is 1. The maximum Gasteiger partial charge on any atom is 0.0809 e. The standard InChI is InChI=1S/C26H35BrO/c1-25-12-4-3-7-19(25)9-10-21-22(25)11-13-26(2)23(21)16-18(24(26)28)14-17-6-5-8-20(27)15-17/h5-6,8,14-15,19,21-24,28H,3-4,7,9-13,16H2,1-2H3/b18-14-/t19-,21+,22-,23-,24+,25+,26+/m1/s1. The molecule has 2 heteroatoms. The van der Waals surface area contributed by atoms with Crippen LogP contribution < -0.4 is 0 Å². The van der Waals surface area contributed by atoms with Crippen LogP contribution in [0.3, 0.4) is 0 Å². The molecule has 1 aromatic carbocycles. The largest absolute Gasteiger partial charge is 0.388 e. The van der Waals surface area contributed by atoms with E-state index in [0.717, 1.165) is 28.6 Å². The van der Waals surface area contributed by atoms with Crippen molar-refractivity contribution < 1.29 is 5.11 Å². The van der Waals surface area contributed by atoms with Crippen LogP contribution in [0.2, 0.25) is 0 Å². The van der Waals surface area contributed by atoms with Crippen LogP contribution >= 0.6 is 15.9 Å². The third kappa shape index (κ3) is 2.88. The minimum absolute atomic E-state index is 0.0802. The molecule has 0 saturated heterocycles. The molecule has 0 aromatic heterocycles. The van der Waals surface area contributed by atoms with Crippen LogP contribution in [0.4, 0.5) is 0 Å². The average molecular weight is 443 g/mol. The molecule has 1 nitrogen and oxygen atoms in total. The molecule has 152 valence electrons. The lowest BCUT2D eigenvalue weighted by Gasteiger charge is -2.60. The van der Waals surface area contributed by atoms with Gasteiger partial charge < -0.3 is 5.11 Å². The van der Waals surface area contributed by atoms with Gasteiger partial charge in [-0.15, -0.1) is 0 Å². The van der Waals surface area contributed by atoms with E-state index in [1.807, 2.05) is 0 Å². The number of hydrogen-bond donors (Lipinski definition) is 1. The van der Waals surface area contributed by atoms with Crippen molar-refractivity contribution in [1.82, 2.24) is 0 Å². The monoisotopic (exact) mass is 442 g/mol. The second kappa shape index (κ2) is 6.98. The molecule has 0 bridgehead atoms. The minimum atomic E-state index is -0.269. The van der Waals surface area contributed by atoms with Crippen LogP contribution in [0, 0.1) is 34.5 Å². The second-order valence-corrected chi connectivity index (χ2v) is 11.7. The van der Waals surface area contributed by atoms with Gasteiger partial charge >= 0.3 is 0 Å². The van der Waals surface area contributed by atoms with Crippen LogP contribution in [0.25, 0.3) is 6.08 Å². The van der Waals surface area contributed by atoms with Crippen LogP contribution in [0.1, 0.15) is 77.2 Å². The molecule has 4 aliphatic rings. The molecule has 4 fully saturated rings. The summed E-state index contributed by atoms with van der Waals surface area (Å²) in [5.74, 6) is 3.34. The molecular weight excluding hydrogens is 408 g/mol. The van der Waals surface area contributed by atoms with Crippen molar-refractivity contribution in [3.8, 4) is 0 Å². The van der Waals surface area contributed by atoms with Crippen molar-refractivity contribution in [3.05, 3.63) is 39.9 Å². The van der Waals surface area contributed by atoms with Gasteiger partial charge in [0, 0.05) is 9.89 Å². The van der Waals surface area contributed by atoms with Crippen molar-refractivity contribution in [2.24, 2.45) is 34.5 Å². The normalized spacial score (nSPS) is 46.7. The van der Waals surface area contributed by atoms with Gasteiger partial charge in [-0.25, -0.2) is 0 Å². The van der Waals surface area contributed by atoms with Crippen LogP contribution in [-0.4, -0.2) is 11.2 Å². The summed E-state index contributed by atoms with van der Waals surface area (Å²) < 4.78 is 1.11. The highest BCUT2D eigenvalue weighted by Crippen LogP contribution is 2.67. The molecule has 7 atom stereocenters. The van der Waals surface area contributed by atoms with Crippen LogP contribution in [-0.2, 0) is 0 Å². The molecule has 1 aromatic rings. The van der Waals surface area contributed by atoms with Crippen molar-refractivity contribution in [2.45, 2.75) is 77.7 Å². The quantitative estimate of drug-likeness (QED) is 0.485. The summed E-state index contributed by atoms with van der Waals surface area (Å²) in [6.45, 7) is 5.04. The molecule has 0 spiro atoms. The molecule has 4 saturated carbocycles. The predicted molar refractivity (Wildman–Crippen MR) is 120 cm³/mol. The summed E-state index contributed by atoms with van der Waals surface area (Å²) in [7, 11) is 0. The van der Waals surface area contributed by atoms with Gasteiger partial charge in [-0.1, -0.05) is 60.8 Å². The number of halogens is 1. The highest BCUT2D eigenvalue weighted by atomic mass is 79.9. The maximum atomic E-state index is 11.4. The van der Waals surface area contributed by atoms with Crippen molar-refractivity contribution in [1.29, 1.82) is 0 Å². The zero-order valence-electron chi connectivity index (χ0n) is 17.5. The fourth-order valence-electron chi connectivity index (χ4n) is 8.10. The van der Waals surface area contributed by atoms with Gasteiger partial charge in [-0.05, 0) is 97.3 Å². The predicted octanol–water partition coefficient (Wildman–Crippen LogP) is 7.24. The van der Waals surface area contributed by atoms with Crippen LogP contribution in [0.15, 0.2) is 34.3 Å². The highest BCUT2D eigenvalue weighted by molar-refractivity contribution is 9.10. The lowest BCUT2D eigenvalue weighted by molar-refractivity contribution is -0.119. The average Bonchev–Trinajstić information content (AvgIpc) is 2.92. The zero-order valence-corrected chi connectivity index (χ0v) is 19.0. The number of aliphatic hydroxyl groups excluding tert-OH is 1. The fourth-order valence-corrected chi connectivity index (χ4v) is 8.52. The second-order valence-electron chi connectivity index (χ2n) is 10.8. The Morgan fingerprint density at radius 3 is 2.68 bits per heavy atom. The van der Waals surface area contributed by atoms with Gasteiger partial charge in [0.15, 0.2) is 0 Å². The van der Waals surface area contributed by atoms with E-state index in [1.165, 1.54) is 62.5 Å². The number of fused-ring (bicyclic) bond motifs is 5. The first-order valence-electron chi connectivity index (χ1n) is 11.6. The molecule has 4 aliphatic carbocycles. The van der Waals surface area contributed by atoms with E-state index in [1.54, 1.807) is 0 Å². The number of benzene rings is 1. The topological polar surface area (TPSA) is 20.2 Å². The summed E-state index contributed by atoms with van der Waals surface area (Å²) in [6.07, 6.45) is 14.3. The third-order valence-corrected chi connectivity index (χ3v) is 10.1. The molecule has 28 heavy (non-hydrogen) atoms. The maximum absolute atomic E-state index is 11.4. The first-order valence-corrected chi connectivity index (χ1v) is 12.4. The van der Waals surface area contributed by atoms with Crippen molar-refractivity contribution in [2.75, 3.05) is 0 Å². The summed E-state index contributed by atoms with van der Waals surface area (Å²) in [4.78, 5) is 0. The molecule has 5 rings (SSSR count). The van der Waals surface area contributed by atoms with Crippen molar-refractivity contribution in [3.63, 3.8) is 0 Å². The number of hydrogen-bond acceptors (Lipinski definition) is 1. The van der Waals surface area contributed by atoms with E-state index in [0.29, 0.717) is 11.3 Å². The van der Waals surface area contributed by atoms with E-state index >= 15 is 0 Å². The molecular formula is C26H35BrO. The summed E-state index contributed by atoms with van der Waals surface area (Å²) in [5, 5.41) is 11.4. The Kier molecular flexibility index (Phi) is 4.83.